The van der Waals surface area contributed by atoms with E-state index in [4.69, 9.17) is 18.0 Å². The van der Waals surface area contributed by atoms with Crippen LogP contribution in [0.4, 0.5) is 0 Å². The second-order valence-corrected chi connectivity index (χ2v) is 5.09. The van der Waals surface area contributed by atoms with Crippen molar-refractivity contribution in [3.8, 4) is 24.5 Å². The van der Waals surface area contributed by atoms with Crippen LogP contribution in [0.15, 0.2) is 48.5 Å². The molecule has 0 radical (unpaired) electrons. The Labute approximate surface area is 129 Å². The average molecular weight is 291 g/mol. The van der Waals surface area contributed by atoms with Crippen LogP contribution in [-0.4, -0.2) is 0 Å². The molecule has 0 bridgehead atoms. The largest absolute Gasteiger partial charge is 0.196 e. The van der Waals surface area contributed by atoms with Crippen LogP contribution in [0, 0.1) is 35.0 Å². The lowest BCUT2D eigenvalue weighted by atomic mass is 9.78. The van der Waals surface area contributed by atoms with Crippen LogP contribution in [0.5, 0.6) is 0 Å². The van der Waals surface area contributed by atoms with Gasteiger partial charge in [-0.2, -0.15) is 10.5 Å². The third kappa shape index (κ3) is 3.06. The van der Waals surface area contributed by atoms with Crippen molar-refractivity contribution in [1.29, 1.82) is 10.5 Å². The Morgan fingerprint density at radius 2 is 1.52 bits per heavy atom. The number of hydrogen-bond donors (Lipinski definition) is 0. The first-order valence-corrected chi connectivity index (χ1v) is 6.65. The van der Waals surface area contributed by atoms with Gasteiger partial charge in [-0.05, 0) is 35.4 Å². The van der Waals surface area contributed by atoms with E-state index in [1.807, 2.05) is 12.1 Å². The van der Waals surface area contributed by atoms with Gasteiger partial charge in [0.05, 0.1) is 12.1 Å². The fraction of sp³-hybridized carbons (Fsp3) is 0.111. The molecule has 0 aliphatic rings. The van der Waals surface area contributed by atoms with Gasteiger partial charge < -0.3 is 0 Å². The van der Waals surface area contributed by atoms with E-state index in [9.17, 15) is 10.5 Å². The van der Waals surface area contributed by atoms with Crippen molar-refractivity contribution < 1.29 is 0 Å². The van der Waals surface area contributed by atoms with Gasteiger partial charge >= 0.3 is 0 Å². The fourth-order valence-electron chi connectivity index (χ4n) is 2.09. The highest BCUT2D eigenvalue weighted by atomic mass is 35.5. The molecule has 0 aliphatic carbocycles. The first-order chi connectivity index (χ1) is 10.1. The second-order valence-electron chi connectivity index (χ2n) is 4.65. The highest BCUT2D eigenvalue weighted by Crippen LogP contribution is 2.28. The maximum absolute atomic E-state index is 9.52. The van der Waals surface area contributed by atoms with Gasteiger partial charge in [0.1, 0.15) is 0 Å². The Hall–Kier alpha value is -2.73. The Morgan fingerprint density at radius 3 is 2.00 bits per heavy atom. The number of nitrogens with zero attached hydrogens (tertiary/aromatic N) is 2. The first kappa shape index (κ1) is 14.7. The zero-order valence-electron chi connectivity index (χ0n) is 11.2. The number of benzene rings is 2. The van der Waals surface area contributed by atoms with Gasteiger partial charge in [-0.3, -0.25) is 0 Å². The molecule has 3 heteroatoms. The van der Waals surface area contributed by atoms with E-state index in [1.165, 1.54) is 0 Å². The Morgan fingerprint density at radius 1 is 0.952 bits per heavy atom. The lowest BCUT2D eigenvalue weighted by Crippen LogP contribution is -2.25. The summed E-state index contributed by atoms with van der Waals surface area (Å²) in [5.41, 5.74) is 1.05. The van der Waals surface area contributed by atoms with Crippen molar-refractivity contribution in [2.75, 3.05) is 0 Å². The molecular weight excluding hydrogens is 280 g/mol. The Bertz CT molecular complexity index is 739. The summed E-state index contributed by atoms with van der Waals surface area (Å²) in [7, 11) is 0. The summed E-state index contributed by atoms with van der Waals surface area (Å²) < 4.78 is 0. The second kappa shape index (κ2) is 6.15. The van der Waals surface area contributed by atoms with Crippen molar-refractivity contribution in [2.45, 2.75) is 11.8 Å². The normalized spacial score (nSPS) is 10.2. The van der Waals surface area contributed by atoms with E-state index in [-0.39, 0.29) is 0 Å². The summed E-state index contributed by atoms with van der Waals surface area (Å²) in [6, 6.07) is 18.3. The van der Waals surface area contributed by atoms with E-state index in [1.54, 1.807) is 36.4 Å². The highest BCUT2D eigenvalue weighted by Gasteiger charge is 2.32. The number of hydrogen-bond acceptors (Lipinski definition) is 2. The summed E-state index contributed by atoms with van der Waals surface area (Å²) >= 11 is 5.86. The van der Waals surface area contributed by atoms with E-state index < -0.39 is 5.41 Å². The number of rotatable bonds is 3. The molecule has 21 heavy (non-hydrogen) atoms. The van der Waals surface area contributed by atoms with Crippen molar-refractivity contribution in [2.24, 2.45) is 0 Å². The third-order valence-electron chi connectivity index (χ3n) is 3.31. The van der Waals surface area contributed by atoms with Crippen LogP contribution in [0.2, 0.25) is 5.02 Å². The van der Waals surface area contributed by atoms with Gasteiger partial charge in [0.2, 0.25) is 0 Å². The lowest BCUT2D eigenvalue weighted by Gasteiger charge is -2.19. The van der Waals surface area contributed by atoms with Crippen LogP contribution in [-0.2, 0) is 11.8 Å². The van der Waals surface area contributed by atoms with Crippen molar-refractivity contribution in [1.82, 2.24) is 0 Å². The fourth-order valence-corrected chi connectivity index (χ4v) is 2.22. The lowest BCUT2D eigenvalue weighted by molar-refractivity contribution is 0.695. The van der Waals surface area contributed by atoms with Gasteiger partial charge in [0, 0.05) is 17.0 Å². The van der Waals surface area contributed by atoms with Crippen LogP contribution >= 0.6 is 11.6 Å². The predicted octanol–water partition coefficient (Wildman–Crippen LogP) is 3.85. The quantitative estimate of drug-likeness (QED) is 0.806. The molecule has 0 spiro atoms. The Kier molecular flexibility index (Phi) is 4.30. The predicted molar refractivity (Wildman–Crippen MR) is 82.4 cm³/mol. The van der Waals surface area contributed by atoms with Crippen molar-refractivity contribution in [3.05, 3.63) is 70.2 Å². The molecule has 0 fully saturated rings. The summed E-state index contributed by atoms with van der Waals surface area (Å²) in [4.78, 5) is 0. The molecule has 2 nitrogen and oxygen atoms in total. The minimum Gasteiger partial charge on any atom is -0.196 e. The maximum Gasteiger partial charge on any atom is 0.172 e. The standard InChI is InChI=1S/C18H11ClN2/c1-2-14-3-5-15(6-4-14)11-18(12-20,13-21)16-7-9-17(19)10-8-16/h1,3-10H,11H2. The molecular formula is C18H11ClN2. The van der Waals surface area contributed by atoms with Gasteiger partial charge in [-0.1, -0.05) is 41.8 Å². The number of halogens is 1. The molecule has 2 rings (SSSR count). The number of nitriles is 2. The summed E-state index contributed by atoms with van der Waals surface area (Å²) in [5, 5.41) is 19.6. The smallest absolute Gasteiger partial charge is 0.172 e. The van der Waals surface area contributed by atoms with E-state index in [2.05, 4.69) is 18.1 Å². The maximum atomic E-state index is 9.52. The van der Waals surface area contributed by atoms with E-state index in [0.29, 0.717) is 17.0 Å². The molecule has 0 aliphatic heterocycles. The van der Waals surface area contributed by atoms with Gasteiger partial charge in [-0.15, -0.1) is 6.42 Å². The zero-order chi connectivity index (χ0) is 15.3. The monoisotopic (exact) mass is 290 g/mol. The zero-order valence-corrected chi connectivity index (χ0v) is 11.9. The number of terminal acetylenes is 1. The molecule has 0 amide bonds. The average Bonchev–Trinajstić information content (AvgIpc) is 2.54. The third-order valence-corrected chi connectivity index (χ3v) is 3.56. The van der Waals surface area contributed by atoms with Gasteiger partial charge in [-0.25, -0.2) is 0 Å². The topological polar surface area (TPSA) is 47.6 Å². The Balaban J connectivity index is 2.39. The first-order valence-electron chi connectivity index (χ1n) is 6.27. The molecule has 100 valence electrons. The van der Waals surface area contributed by atoms with E-state index in [0.717, 1.165) is 11.1 Å². The summed E-state index contributed by atoms with van der Waals surface area (Å²) in [6.45, 7) is 0. The SMILES string of the molecule is C#Cc1ccc(CC(C#N)(C#N)c2ccc(Cl)cc2)cc1. The van der Waals surface area contributed by atoms with Crippen molar-refractivity contribution >= 4 is 11.6 Å². The molecule has 0 saturated heterocycles. The molecule has 2 aromatic carbocycles. The molecule has 0 unspecified atom stereocenters. The highest BCUT2D eigenvalue weighted by molar-refractivity contribution is 6.30. The molecule has 0 N–H and O–H groups in total. The van der Waals surface area contributed by atoms with Crippen LogP contribution in [0.25, 0.3) is 0 Å². The minimum atomic E-state index is -1.23. The van der Waals surface area contributed by atoms with Gasteiger partial charge in [0.15, 0.2) is 5.41 Å². The molecule has 0 atom stereocenters. The van der Waals surface area contributed by atoms with Crippen molar-refractivity contribution in [3.63, 3.8) is 0 Å². The summed E-state index contributed by atoms with van der Waals surface area (Å²) in [6.07, 6.45) is 5.62. The van der Waals surface area contributed by atoms with Crippen LogP contribution < -0.4 is 0 Å². The van der Waals surface area contributed by atoms with Gasteiger partial charge in [0.25, 0.3) is 0 Å². The van der Waals surface area contributed by atoms with Crippen LogP contribution in [0.1, 0.15) is 16.7 Å². The summed E-state index contributed by atoms with van der Waals surface area (Å²) in [5.74, 6) is 2.54. The molecule has 0 saturated carbocycles. The molecule has 2 aromatic rings. The van der Waals surface area contributed by atoms with E-state index >= 15 is 0 Å². The minimum absolute atomic E-state index is 0.298. The molecule has 0 aromatic heterocycles. The molecule has 0 heterocycles. The van der Waals surface area contributed by atoms with Crippen LogP contribution in [0.3, 0.4) is 0 Å².